The number of halogens is 2. The van der Waals surface area contributed by atoms with Gasteiger partial charge in [-0.2, -0.15) is 0 Å². The second-order valence-corrected chi connectivity index (χ2v) is 4.85. The van der Waals surface area contributed by atoms with Crippen LogP contribution < -0.4 is 5.73 Å². The molecule has 0 radical (unpaired) electrons. The summed E-state index contributed by atoms with van der Waals surface area (Å²) in [6.07, 6.45) is 0. The first-order valence-electron chi connectivity index (χ1n) is 4.69. The molecule has 0 bridgehead atoms. The summed E-state index contributed by atoms with van der Waals surface area (Å²) >= 11 is 9.55. The highest BCUT2D eigenvalue weighted by atomic mass is 35.5. The maximum Gasteiger partial charge on any atom is 0.236 e. The SMILES string of the molecule is CC(C)C(C)(N)C(C)C.O=C(Cl)CCl. The second-order valence-electron chi connectivity index (χ2n) is 4.16. The van der Waals surface area contributed by atoms with Crippen molar-refractivity contribution in [3.05, 3.63) is 0 Å². The minimum Gasteiger partial charge on any atom is -0.325 e. The van der Waals surface area contributed by atoms with Crippen molar-refractivity contribution in [3.63, 3.8) is 0 Å². The monoisotopic (exact) mass is 241 g/mol. The van der Waals surface area contributed by atoms with E-state index in [0.717, 1.165) is 0 Å². The van der Waals surface area contributed by atoms with E-state index in [1.165, 1.54) is 0 Å². The average Bonchev–Trinajstić information content (AvgIpc) is 2.04. The third kappa shape index (κ3) is 7.60. The Kier molecular flexibility index (Phi) is 8.90. The van der Waals surface area contributed by atoms with Gasteiger partial charge in [0, 0.05) is 5.54 Å². The van der Waals surface area contributed by atoms with Gasteiger partial charge in [0.1, 0.15) is 0 Å². The summed E-state index contributed by atoms with van der Waals surface area (Å²) in [7, 11) is 0. The van der Waals surface area contributed by atoms with Gasteiger partial charge in [-0.05, 0) is 30.4 Å². The van der Waals surface area contributed by atoms with E-state index in [9.17, 15) is 4.79 Å². The van der Waals surface area contributed by atoms with Crippen LogP contribution in [0, 0.1) is 11.8 Å². The minimum atomic E-state index is -0.508. The van der Waals surface area contributed by atoms with Gasteiger partial charge in [0.05, 0.1) is 5.88 Å². The van der Waals surface area contributed by atoms with Gasteiger partial charge in [-0.25, -0.2) is 0 Å². The van der Waals surface area contributed by atoms with Crippen molar-refractivity contribution in [3.8, 4) is 0 Å². The Labute approximate surface area is 97.1 Å². The fourth-order valence-corrected chi connectivity index (χ4v) is 0.667. The van der Waals surface area contributed by atoms with Crippen LogP contribution in [-0.4, -0.2) is 16.7 Å². The first-order valence-corrected chi connectivity index (χ1v) is 5.60. The molecule has 0 amide bonds. The van der Waals surface area contributed by atoms with Crippen LogP contribution in [0.5, 0.6) is 0 Å². The molecule has 2 N–H and O–H groups in total. The van der Waals surface area contributed by atoms with Gasteiger partial charge in [0.2, 0.25) is 5.24 Å². The van der Waals surface area contributed by atoms with Crippen molar-refractivity contribution < 1.29 is 4.79 Å². The number of hydrogen-bond acceptors (Lipinski definition) is 2. The van der Waals surface area contributed by atoms with E-state index in [0.29, 0.717) is 11.8 Å². The van der Waals surface area contributed by atoms with Gasteiger partial charge in [0.15, 0.2) is 0 Å². The highest BCUT2D eigenvalue weighted by Crippen LogP contribution is 2.21. The maximum atomic E-state index is 9.45. The maximum absolute atomic E-state index is 9.45. The van der Waals surface area contributed by atoms with Crippen LogP contribution in [-0.2, 0) is 4.79 Å². The third-order valence-corrected chi connectivity index (χ3v) is 3.11. The van der Waals surface area contributed by atoms with E-state index in [4.69, 9.17) is 28.9 Å². The van der Waals surface area contributed by atoms with Gasteiger partial charge >= 0.3 is 0 Å². The molecule has 0 aromatic carbocycles. The Morgan fingerprint density at radius 3 is 1.50 bits per heavy atom. The average molecular weight is 242 g/mol. The quantitative estimate of drug-likeness (QED) is 0.610. The van der Waals surface area contributed by atoms with E-state index >= 15 is 0 Å². The minimum absolute atomic E-state index is 0.000000000000000222. The van der Waals surface area contributed by atoms with Gasteiger partial charge < -0.3 is 5.73 Å². The summed E-state index contributed by atoms with van der Waals surface area (Å²) in [6, 6.07) is 0. The molecule has 0 aromatic heterocycles. The van der Waals surface area contributed by atoms with E-state index in [1.54, 1.807) is 0 Å². The predicted molar refractivity (Wildman–Crippen MR) is 63.8 cm³/mol. The Balaban J connectivity index is 0. The van der Waals surface area contributed by atoms with Crippen LogP contribution in [0.3, 0.4) is 0 Å². The molecule has 0 rings (SSSR count). The molecule has 4 heteroatoms. The smallest absolute Gasteiger partial charge is 0.236 e. The van der Waals surface area contributed by atoms with Crippen molar-refractivity contribution in [1.82, 2.24) is 0 Å². The number of rotatable bonds is 3. The molecule has 0 aliphatic rings. The van der Waals surface area contributed by atoms with Crippen molar-refractivity contribution in [2.24, 2.45) is 17.6 Å². The Hall–Kier alpha value is 0.210. The molecule has 0 saturated carbocycles. The van der Waals surface area contributed by atoms with Gasteiger partial charge in [-0.15, -0.1) is 11.6 Å². The molecule has 0 atom stereocenters. The zero-order valence-corrected chi connectivity index (χ0v) is 11.1. The van der Waals surface area contributed by atoms with Crippen LogP contribution in [0.15, 0.2) is 0 Å². The summed E-state index contributed by atoms with van der Waals surface area (Å²) < 4.78 is 0. The molecule has 0 aliphatic heterocycles. The van der Waals surface area contributed by atoms with Crippen molar-refractivity contribution in [2.45, 2.75) is 40.2 Å². The molecule has 0 aliphatic carbocycles. The predicted octanol–water partition coefficient (Wildman–Crippen LogP) is 3.01. The first-order chi connectivity index (χ1) is 6.16. The molecular formula is C10H21Cl2NO. The molecule has 2 nitrogen and oxygen atoms in total. The van der Waals surface area contributed by atoms with Crippen LogP contribution in [0.2, 0.25) is 0 Å². The van der Waals surface area contributed by atoms with Gasteiger partial charge in [-0.1, -0.05) is 27.7 Å². The van der Waals surface area contributed by atoms with Gasteiger partial charge in [-0.3, -0.25) is 4.79 Å². The standard InChI is InChI=1S/C8H19N.C2H2Cl2O/c1-6(2)8(5,9)7(3)4;3-1-2(4)5/h6-7H,9H2,1-5H3;1H2. The Morgan fingerprint density at radius 2 is 1.50 bits per heavy atom. The first kappa shape index (κ1) is 16.6. The number of nitrogens with two attached hydrogens (primary N) is 1. The molecule has 0 saturated heterocycles. The number of hydrogen-bond donors (Lipinski definition) is 1. The number of carbonyl (C=O) groups excluding carboxylic acids is 1. The summed E-state index contributed by atoms with van der Waals surface area (Å²) in [5.41, 5.74) is 6.00. The zero-order chi connectivity index (χ0) is 11.9. The third-order valence-electron chi connectivity index (χ3n) is 2.59. The molecule has 0 aromatic rings. The fourth-order valence-electron chi connectivity index (χ4n) is 0.667. The van der Waals surface area contributed by atoms with Crippen molar-refractivity contribution >= 4 is 28.4 Å². The molecule has 0 spiro atoms. The summed E-state index contributed by atoms with van der Waals surface area (Å²) in [4.78, 5) is 9.45. The van der Waals surface area contributed by atoms with E-state index in [2.05, 4.69) is 34.6 Å². The molecule has 86 valence electrons. The molecule has 0 fully saturated rings. The highest BCUT2D eigenvalue weighted by Gasteiger charge is 2.26. The molecule has 0 heterocycles. The zero-order valence-electron chi connectivity index (χ0n) is 9.60. The lowest BCUT2D eigenvalue weighted by atomic mass is 9.80. The van der Waals surface area contributed by atoms with E-state index < -0.39 is 5.24 Å². The summed E-state index contributed by atoms with van der Waals surface area (Å²) in [5, 5.41) is -0.508. The Morgan fingerprint density at radius 1 is 1.29 bits per heavy atom. The fraction of sp³-hybridized carbons (Fsp3) is 0.900. The van der Waals surface area contributed by atoms with Crippen LogP contribution >= 0.6 is 23.2 Å². The van der Waals surface area contributed by atoms with E-state index in [1.807, 2.05) is 0 Å². The van der Waals surface area contributed by atoms with Crippen LogP contribution in [0.1, 0.15) is 34.6 Å². The lowest BCUT2D eigenvalue weighted by Gasteiger charge is -2.33. The largest absolute Gasteiger partial charge is 0.325 e. The van der Waals surface area contributed by atoms with Crippen molar-refractivity contribution in [1.29, 1.82) is 0 Å². The van der Waals surface area contributed by atoms with Crippen LogP contribution in [0.4, 0.5) is 0 Å². The topological polar surface area (TPSA) is 43.1 Å². The Bertz CT molecular complexity index is 158. The summed E-state index contributed by atoms with van der Waals surface area (Å²) in [6.45, 7) is 10.8. The van der Waals surface area contributed by atoms with Crippen molar-refractivity contribution in [2.75, 3.05) is 5.88 Å². The van der Waals surface area contributed by atoms with E-state index in [-0.39, 0.29) is 11.4 Å². The molecule has 0 unspecified atom stereocenters. The lowest BCUT2D eigenvalue weighted by Crippen LogP contribution is -2.46. The lowest BCUT2D eigenvalue weighted by molar-refractivity contribution is -0.109. The normalized spacial score (nSPS) is 11.3. The number of alkyl halides is 1. The highest BCUT2D eigenvalue weighted by molar-refractivity contribution is 6.67. The molecule has 14 heavy (non-hydrogen) atoms. The summed E-state index contributed by atoms with van der Waals surface area (Å²) in [5.74, 6) is 1.04. The van der Waals surface area contributed by atoms with Gasteiger partial charge in [0.25, 0.3) is 0 Å². The second kappa shape index (κ2) is 7.49. The molecular weight excluding hydrogens is 221 g/mol. The number of carbonyl (C=O) groups is 1. The van der Waals surface area contributed by atoms with Crippen LogP contribution in [0.25, 0.3) is 0 Å².